The molecule has 0 saturated carbocycles. The van der Waals surface area contributed by atoms with Gasteiger partial charge < -0.3 is 5.11 Å². The number of aryl methyl sites for hydroxylation is 1. The quantitative estimate of drug-likeness (QED) is 0.255. The lowest BCUT2D eigenvalue weighted by Gasteiger charge is -2.04. The first-order valence-electron chi connectivity index (χ1n) is 11.0. The molecule has 0 aromatic heterocycles. The second-order valence-corrected chi connectivity index (χ2v) is 8.66. The zero-order chi connectivity index (χ0) is 19.9. The molecule has 0 aliphatic rings. The van der Waals surface area contributed by atoms with Crippen LogP contribution in [0.2, 0.25) is 0 Å². The van der Waals surface area contributed by atoms with E-state index in [0.29, 0.717) is 5.75 Å². The zero-order valence-corrected chi connectivity index (χ0v) is 18.2. The van der Waals surface area contributed by atoms with Crippen molar-refractivity contribution in [2.24, 2.45) is 0 Å². The van der Waals surface area contributed by atoms with Crippen LogP contribution in [-0.2, 0) is 6.42 Å². The topological polar surface area (TPSA) is 20.2 Å². The number of allylic oxidation sites excluding steroid dienone is 2. The molecule has 2 aromatic carbocycles. The van der Waals surface area contributed by atoms with Crippen LogP contribution in [0.4, 0.5) is 0 Å². The average molecular weight is 397 g/mol. The normalized spacial score (nSPS) is 11.3. The summed E-state index contributed by atoms with van der Waals surface area (Å²) in [6, 6.07) is 16.3. The van der Waals surface area contributed by atoms with Crippen molar-refractivity contribution < 1.29 is 5.11 Å². The number of rotatable bonds is 14. The summed E-state index contributed by atoms with van der Waals surface area (Å²) in [4.78, 5) is 2.39. The monoisotopic (exact) mass is 396 g/mol. The summed E-state index contributed by atoms with van der Waals surface area (Å²) in [6.45, 7) is 2.27. The lowest BCUT2D eigenvalue weighted by molar-refractivity contribution is 0.475. The van der Waals surface area contributed by atoms with Gasteiger partial charge in [-0.15, -0.1) is 0 Å². The van der Waals surface area contributed by atoms with Crippen molar-refractivity contribution in [2.75, 3.05) is 0 Å². The van der Waals surface area contributed by atoms with Gasteiger partial charge in [-0.3, -0.25) is 0 Å². The Labute approximate surface area is 176 Å². The molecular weight excluding hydrogens is 360 g/mol. The van der Waals surface area contributed by atoms with E-state index in [1.165, 1.54) is 74.7 Å². The Hall–Kier alpha value is -1.67. The summed E-state index contributed by atoms with van der Waals surface area (Å²) in [5, 5.41) is 9.36. The number of unbranched alkanes of at least 4 members (excludes halogenated alkanes) is 8. The van der Waals surface area contributed by atoms with Gasteiger partial charge in [-0.1, -0.05) is 75.1 Å². The SMILES string of the molecule is CCCCCCCCC=CCCCCc1ccc(Sc2ccc(O)cc2)cc1. The predicted octanol–water partition coefficient (Wildman–Crippen LogP) is 8.56. The number of benzene rings is 2. The average Bonchev–Trinajstić information content (AvgIpc) is 2.72. The van der Waals surface area contributed by atoms with Crippen LogP contribution in [0.25, 0.3) is 0 Å². The Bertz CT molecular complexity index is 658. The summed E-state index contributed by atoms with van der Waals surface area (Å²) in [7, 11) is 0. The molecule has 0 aliphatic carbocycles. The van der Waals surface area contributed by atoms with E-state index in [9.17, 15) is 5.11 Å². The summed E-state index contributed by atoms with van der Waals surface area (Å²) >= 11 is 1.73. The second kappa shape index (κ2) is 14.3. The van der Waals surface area contributed by atoms with Crippen LogP contribution < -0.4 is 0 Å². The van der Waals surface area contributed by atoms with Crippen molar-refractivity contribution in [1.82, 2.24) is 0 Å². The van der Waals surface area contributed by atoms with E-state index < -0.39 is 0 Å². The highest BCUT2D eigenvalue weighted by Gasteiger charge is 1.99. The van der Waals surface area contributed by atoms with Crippen LogP contribution in [0, 0.1) is 0 Å². The van der Waals surface area contributed by atoms with Gasteiger partial charge in [0.05, 0.1) is 0 Å². The Morgan fingerprint density at radius 2 is 1.21 bits per heavy atom. The van der Waals surface area contributed by atoms with Crippen molar-refractivity contribution in [1.29, 1.82) is 0 Å². The Balaban J connectivity index is 1.53. The minimum Gasteiger partial charge on any atom is -0.508 e. The number of aromatic hydroxyl groups is 1. The van der Waals surface area contributed by atoms with Gasteiger partial charge in [0, 0.05) is 9.79 Å². The maximum absolute atomic E-state index is 9.36. The van der Waals surface area contributed by atoms with E-state index in [-0.39, 0.29) is 0 Å². The number of hydrogen-bond acceptors (Lipinski definition) is 2. The van der Waals surface area contributed by atoms with Crippen molar-refractivity contribution in [3.05, 3.63) is 66.2 Å². The molecule has 2 heteroatoms. The molecule has 0 atom stereocenters. The third-order valence-corrected chi connectivity index (χ3v) is 5.99. The molecule has 0 unspecified atom stereocenters. The fourth-order valence-electron chi connectivity index (χ4n) is 3.24. The predicted molar refractivity (Wildman–Crippen MR) is 123 cm³/mol. The largest absolute Gasteiger partial charge is 0.508 e. The second-order valence-electron chi connectivity index (χ2n) is 7.51. The van der Waals surface area contributed by atoms with Crippen LogP contribution in [0.15, 0.2) is 70.5 Å². The molecule has 0 radical (unpaired) electrons. The molecule has 0 aliphatic heterocycles. The molecule has 2 rings (SSSR count). The van der Waals surface area contributed by atoms with E-state index in [0.717, 1.165) is 11.3 Å². The van der Waals surface area contributed by atoms with Crippen LogP contribution in [-0.4, -0.2) is 5.11 Å². The molecule has 1 nitrogen and oxygen atoms in total. The standard InChI is InChI=1S/C26H36OS/c1-2-3-4-5-6-7-8-9-10-11-12-13-14-23-15-19-25(20-16-23)28-26-21-17-24(27)18-22-26/h9-10,15-22,27H,2-8,11-14H2,1H3. The Morgan fingerprint density at radius 1 is 0.679 bits per heavy atom. The minimum absolute atomic E-state index is 0.317. The number of phenolic OH excluding ortho intramolecular Hbond substituents is 1. The molecule has 0 spiro atoms. The van der Waals surface area contributed by atoms with Crippen molar-refractivity contribution in [2.45, 2.75) is 87.3 Å². The smallest absolute Gasteiger partial charge is 0.115 e. The van der Waals surface area contributed by atoms with Gasteiger partial charge in [0.2, 0.25) is 0 Å². The Morgan fingerprint density at radius 3 is 1.86 bits per heavy atom. The number of hydrogen-bond donors (Lipinski definition) is 1. The molecule has 0 fully saturated rings. The molecular formula is C26H36OS. The maximum atomic E-state index is 9.36. The van der Waals surface area contributed by atoms with Gasteiger partial charge in [-0.25, -0.2) is 0 Å². The maximum Gasteiger partial charge on any atom is 0.115 e. The van der Waals surface area contributed by atoms with Crippen LogP contribution in [0.1, 0.15) is 76.7 Å². The van der Waals surface area contributed by atoms with E-state index in [1.807, 2.05) is 12.1 Å². The fraction of sp³-hybridized carbons (Fsp3) is 0.462. The van der Waals surface area contributed by atoms with Gasteiger partial charge in [0.25, 0.3) is 0 Å². The third-order valence-electron chi connectivity index (χ3n) is 4.97. The van der Waals surface area contributed by atoms with Crippen LogP contribution in [0.5, 0.6) is 5.75 Å². The Kier molecular flexibility index (Phi) is 11.6. The van der Waals surface area contributed by atoms with E-state index in [2.05, 4.69) is 43.3 Å². The van der Waals surface area contributed by atoms with E-state index in [4.69, 9.17) is 0 Å². The van der Waals surface area contributed by atoms with Gasteiger partial charge in [0.15, 0.2) is 0 Å². The molecule has 28 heavy (non-hydrogen) atoms. The molecule has 1 N–H and O–H groups in total. The highest BCUT2D eigenvalue weighted by atomic mass is 32.2. The first-order valence-corrected chi connectivity index (χ1v) is 11.8. The lowest BCUT2D eigenvalue weighted by Crippen LogP contribution is -1.85. The summed E-state index contributed by atoms with van der Waals surface area (Å²) in [5.74, 6) is 0.317. The third kappa shape index (κ3) is 10.0. The lowest BCUT2D eigenvalue weighted by atomic mass is 10.1. The number of phenols is 1. The first-order chi connectivity index (χ1) is 13.8. The summed E-state index contributed by atoms with van der Waals surface area (Å²) < 4.78 is 0. The highest BCUT2D eigenvalue weighted by Crippen LogP contribution is 2.29. The fourth-order valence-corrected chi connectivity index (χ4v) is 4.06. The minimum atomic E-state index is 0.317. The summed E-state index contributed by atoms with van der Waals surface area (Å²) in [6.07, 6.45) is 19.2. The highest BCUT2D eigenvalue weighted by molar-refractivity contribution is 7.99. The molecule has 152 valence electrons. The molecule has 0 bridgehead atoms. The molecule has 0 amide bonds. The van der Waals surface area contributed by atoms with Crippen molar-refractivity contribution >= 4 is 11.8 Å². The van der Waals surface area contributed by atoms with Gasteiger partial charge in [0.1, 0.15) is 5.75 Å². The zero-order valence-electron chi connectivity index (χ0n) is 17.4. The van der Waals surface area contributed by atoms with Crippen LogP contribution in [0.3, 0.4) is 0 Å². The molecule has 0 saturated heterocycles. The van der Waals surface area contributed by atoms with Crippen molar-refractivity contribution in [3.8, 4) is 5.75 Å². The molecule has 0 heterocycles. The van der Waals surface area contributed by atoms with Crippen LogP contribution >= 0.6 is 11.8 Å². The molecule has 2 aromatic rings. The van der Waals surface area contributed by atoms with Gasteiger partial charge in [-0.2, -0.15) is 0 Å². The first kappa shape index (κ1) is 22.6. The summed E-state index contributed by atoms with van der Waals surface area (Å²) in [5.41, 5.74) is 1.42. The van der Waals surface area contributed by atoms with E-state index >= 15 is 0 Å². The van der Waals surface area contributed by atoms with Crippen molar-refractivity contribution in [3.63, 3.8) is 0 Å². The van der Waals surface area contributed by atoms with E-state index in [1.54, 1.807) is 23.9 Å². The van der Waals surface area contributed by atoms with Gasteiger partial charge in [-0.05, 0) is 80.5 Å². The van der Waals surface area contributed by atoms with Gasteiger partial charge >= 0.3 is 0 Å².